The van der Waals surface area contributed by atoms with Crippen molar-refractivity contribution in [2.45, 2.75) is 78.8 Å². The van der Waals surface area contributed by atoms with Crippen LogP contribution in [0.3, 0.4) is 0 Å². The number of fused-ring (bicyclic) bond motifs is 1. The summed E-state index contributed by atoms with van der Waals surface area (Å²) in [5.41, 5.74) is 3.21. The molecule has 0 aliphatic carbocycles. The van der Waals surface area contributed by atoms with Gasteiger partial charge in [0.15, 0.2) is 5.65 Å². The summed E-state index contributed by atoms with van der Waals surface area (Å²) in [5.74, 6) is 1.53. The zero-order chi connectivity index (χ0) is 35.0. The summed E-state index contributed by atoms with van der Waals surface area (Å²) in [4.78, 5) is 36.3. The standard InChI is InChI=1S/C38H43ClFN7O2/c1-21(2)31-34(32(22(3)4)44-37(43-31)41-19-25-14-16-26(49-7)17-15-25)47-36-28(18-29(39)33(42-36)27-10-8-9-11-30(27)40)35(45-38(47)48)46-20-23(5)12-13-24(46)6/h8-11,14-18,21-24H,12-13,19-20H2,1-7H3,(H,41,43,44)/t23-,24-/m0/s1. The lowest BCUT2D eigenvalue weighted by Gasteiger charge is -2.38. The van der Waals surface area contributed by atoms with Gasteiger partial charge < -0.3 is 15.0 Å². The molecule has 49 heavy (non-hydrogen) atoms. The predicted molar refractivity (Wildman–Crippen MR) is 195 cm³/mol. The molecule has 0 bridgehead atoms. The maximum absolute atomic E-state index is 15.2. The number of aromatic nitrogens is 5. The first kappa shape index (κ1) is 34.3. The quantitative estimate of drug-likeness (QED) is 0.165. The second-order valence-electron chi connectivity index (χ2n) is 13.6. The van der Waals surface area contributed by atoms with Crippen LogP contribution in [0, 0.1) is 11.7 Å². The van der Waals surface area contributed by atoms with Crippen molar-refractivity contribution in [3.05, 3.63) is 92.9 Å². The molecule has 9 nitrogen and oxygen atoms in total. The van der Waals surface area contributed by atoms with Gasteiger partial charge in [-0.05, 0) is 73.4 Å². The van der Waals surface area contributed by atoms with Crippen LogP contribution >= 0.6 is 11.6 Å². The summed E-state index contributed by atoms with van der Waals surface area (Å²) in [7, 11) is 1.64. The van der Waals surface area contributed by atoms with E-state index in [0.29, 0.717) is 52.3 Å². The van der Waals surface area contributed by atoms with Gasteiger partial charge in [-0.3, -0.25) is 0 Å². The minimum Gasteiger partial charge on any atom is -0.497 e. The molecule has 6 rings (SSSR count). The number of pyridine rings is 1. The Kier molecular flexibility index (Phi) is 9.88. The molecule has 0 radical (unpaired) electrons. The van der Waals surface area contributed by atoms with E-state index in [2.05, 4.69) is 24.1 Å². The van der Waals surface area contributed by atoms with Crippen LogP contribution < -0.4 is 20.6 Å². The van der Waals surface area contributed by atoms with Crippen molar-refractivity contribution < 1.29 is 9.13 Å². The first-order valence-electron chi connectivity index (χ1n) is 16.9. The Labute approximate surface area is 291 Å². The van der Waals surface area contributed by atoms with Crippen molar-refractivity contribution in [3.8, 4) is 22.7 Å². The number of hydrogen-bond donors (Lipinski definition) is 1. The maximum atomic E-state index is 15.2. The number of ether oxygens (including phenoxy) is 1. The van der Waals surface area contributed by atoms with Crippen LogP contribution in [-0.2, 0) is 6.54 Å². The molecule has 4 heterocycles. The molecular weight excluding hydrogens is 641 g/mol. The molecule has 0 spiro atoms. The third kappa shape index (κ3) is 6.84. The minimum atomic E-state index is -0.506. The molecule has 1 saturated heterocycles. The average Bonchev–Trinajstić information content (AvgIpc) is 3.08. The summed E-state index contributed by atoms with van der Waals surface area (Å²) in [6.45, 7) is 13.7. The number of anilines is 2. The van der Waals surface area contributed by atoms with Gasteiger partial charge in [-0.2, -0.15) is 4.98 Å². The van der Waals surface area contributed by atoms with E-state index in [1.165, 1.54) is 10.6 Å². The van der Waals surface area contributed by atoms with Crippen molar-refractivity contribution in [1.29, 1.82) is 0 Å². The Morgan fingerprint density at radius 1 is 0.959 bits per heavy atom. The van der Waals surface area contributed by atoms with Gasteiger partial charge in [0.1, 0.15) is 17.4 Å². The molecule has 2 atom stereocenters. The number of hydrogen-bond acceptors (Lipinski definition) is 8. The fourth-order valence-corrected chi connectivity index (χ4v) is 6.73. The molecule has 2 aromatic carbocycles. The smallest absolute Gasteiger partial charge is 0.355 e. The van der Waals surface area contributed by atoms with E-state index >= 15 is 4.39 Å². The van der Waals surface area contributed by atoms with Gasteiger partial charge >= 0.3 is 5.69 Å². The molecule has 5 aromatic rings. The number of piperidine rings is 1. The lowest BCUT2D eigenvalue weighted by molar-refractivity contribution is 0.388. The van der Waals surface area contributed by atoms with Crippen molar-refractivity contribution in [1.82, 2.24) is 24.5 Å². The highest BCUT2D eigenvalue weighted by molar-refractivity contribution is 6.33. The summed E-state index contributed by atoms with van der Waals surface area (Å²) in [6, 6.07) is 16.1. The average molecular weight is 684 g/mol. The topological polar surface area (TPSA) is 98.1 Å². The zero-order valence-corrected chi connectivity index (χ0v) is 29.8. The van der Waals surface area contributed by atoms with Gasteiger partial charge in [-0.15, -0.1) is 0 Å². The van der Waals surface area contributed by atoms with Crippen LogP contribution in [0.2, 0.25) is 5.02 Å². The Balaban J connectivity index is 1.60. The fraction of sp³-hybridized carbons (Fsp3) is 0.395. The molecule has 256 valence electrons. The SMILES string of the molecule is COc1ccc(CNc2nc(C(C)C)c(-n3c(=O)nc(N4C[C@@H](C)CC[C@@H]4C)c4cc(Cl)c(-c5ccccc5F)nc43)c(C(C)C)n2)cc1. The van der Waals surface area contributed by atoms with E-state index in [1.54, 1.807) is 31.4 Å². The summed E-state index contributed by atoms with van der Waals surface area (Å²) in [5, 5.41) is 4.25. The second-order valence-corrected chi connectivity index (χ2v) is 14.0. The Bertz CT molecular complexity index is 2020. The van der Waals surface area contributed by atoms with Crippen LogP contribution in [0.25, 0.3) is 28.0 Å². The third-order valence-corrected chi connectivity index (χ3v) is 9.47. The van der Waals surface area contributed by atoms with E-state index in [9.17, 15) is 4.79 Å². The number of halogens is 2. The van der Waals surface area contributed by atoms with E-state index in [4.69, 9.17) is 36.3 Å². The lowest BCUT2D eigenvalue weighted by Crippen LogP contribution is -2.43. The lowest BCUT2D eigenvalue weighted by atomic mass is 9.95. The van der Waals surface area contributed by atoms with E-state index in [-0.39, 0.29) is 34.2 Å². The molecule has 1 N–H and O–H groups in total. The minimum absolute atomic E-state index is 0.0973. The molecule has 1 aliphatic heterocycles. The molecule has 1 aliphatic rings. The normalized spacial score (nSPS) is 16.5. The van der Waals surface area contributed by atoms with Gasteiger partial charge in [0.05, 0.1) is 40.3 Å². The highest BCUT2D eigenvalue weighted by atomic mass is 35.5. The van der Waals surface area contributed by atoms with Crippen molar-refractivity contribution in [2.24, 2.45) is 5.92 Å². The second kappa shape index (κ2) is 14.1. The number of benzene rings is 2. The maximum Gasteiger partial charge on any atom is 0.355 e. The number of rotatable bonds is 9. The van der Waals surface area contributed by atoms with E-state index in [0.717, 1.165) is 30.7 Å². The Morgan fingerprint density at radius 2 is 1.63 bits per heavy atom. The largest absolute Gasteiger partial charge is 0.497 e. The van der Waals surface area contributed by atoms with Gasteiger partial charge in [0.2, 0.25) is 5.95 Å². The predicted octanol–water partition coefficient (Wildman–Crippen LogP) is 8.52. The highest BCUT2D eigenvalue weighted by Crippen LogP contribution is 2.38. The van der Waals surface area contributed by atoms with Crippen molar-refractivity contribution in [3.63, 3.8) is 0 Å². The summed E-state index contributed by atoms with van der Waals surface area (Å²) >= 11 is 6.91. The first-order chi connectivity index (χ1) is 23.5. The van der Waals surface area contributed by atoms with Crippen LogP contribution in [0.5, 0.6) is 5.75 Å². The number of nitrogens with zero attached hydrogens (tertiary/aromatic N) is 6. The van der Waals surface area contributed by atoms with Gasteiger partial charge in [-0.1, -0.05) is 70.5 Å². The Morgan fingerprint density at radius 3 is 2.27 bits per heavy atom. The van der Waals surface area contributed by atoms with Crippen LogP contribution in [0.1, 0.15) is 83.2 Å². The molecule has 0 unspecified atom stereocenters. The summed E-state index contributed by atoms with van der Waals surface area (Å²) < 4.78 is 22.0. The molecule has 3 aromatic heterocycles. The fourth-order valence-electron chi connectivity index (χ4n) is 6.48. The van der Waals surface area contributed by atoms with Crippen molar-refractivity contribution >= 4 is 34.4 Å². The van der Waals surface area contributed by atoms with Crippen LogP contribution in [-0.4, -0.2) is 44.2 Å². The van der Waals surface area contributed by atoms with Gasteiger partial charge in [0.25, 0.3) is 0 Å². The van der Waals surface area contributed by atoms with Gasteiger partial charge in [-0.25, -0.2) is 28.7 Å². The first-order valence-corrected chi connectivity index (χ1v) is 17.3. The van der Waals surface area contributed by atoms with Gasteiger partial charge in [0, 0.05) is 24.7 Å². The van der Waals surface area contributed by atoms with Crippen LogP contribution in [0.4, 0.5) is 16.2 Å². The molecule has 1 fully saturated rings. The molecular formula is C38H43ClFN7O2. The van der Waals surface area contributed by atoms with Crippen molar-refractivity contribution in [2.75, 3.05) is 23.9 Å². The number of nitrogens with one attached hydrogen (secondary N) is 1. The number of methoxy groups -OCH3 is 1. The molecule has 0 amide bonds. The van der Waals surface area contributed by atoms with Crippen LogP contribution in [0.15, 0.2) is 59.4 Å². The van der Waals surface area contributed by atoms with E-state index in [1.807, 2.05) is 52.0 Å². The Hall–Kier alpha value is -4.57. The monoisotopic (exact) mass is 683 g/mol. The third-order valence-electron chi connectivity index (χ3n) is 9.19. The molecule has 0 saturated carbocycles. The molecule has 11 heteroatoms. The zero-order valence-electron chi connectivity index (χ0n) is 29.1. The highest BCUT2D eigenvalue weighted by Gasteiger charge is 2.30. The summed E-state index contributed by atoms with van der Waals surface area (Å²) in [6.07, 6.45) is 2.06. The van der Waals surface area contributed by atoms with E-state index < -0.39 is 11.5 Å².